The summed E-state index contributed by atoms with van der Waals surface area (Å²) < 4.78 is 12.8. The summed E-state index contributed by atoms with van der Waals surface area (Å²) in [5.41, 5.74) is 7.98. The number of ether oxygens (including phenoxy) is 1. The van der Waals surface area contributed by atoms with E-state index in [1.807, 2.05) is 43.3 Å². The van der Waals surface area contributed by atoms with E-state index in [4.69, 9.17) is 14.9 Å². The van der Waals surface area contributed by atoms with Gasteiger partial charge in [-0.25, -0.2) is 4.68 Å². The largest absolute Gasteiger partial charge is 0.492 e. The molecule has 0 fully saturated rings. The molecule has 2 aromatic heterocycles. The van der Waals surface area contributed by atoms with Crippen molar-refractivity contribution in [2.24, 2.45) is 5.73 Å². The topological polar surface area (TPSA) is 79.1 Å². The van der Waals surface area contributed by atoms with Crippen molar-refractivity contribution in [3.63, 3.8) is 0 Å². The number of benzene rings is 1. The first-order valence-electron chi connectivity index (χ1n) is 6.76. The van der Waals surface area contributed by atoms with E-state index in [9.17, 15) is 0 Å². The average molecular weight is 284 g/mol. The zero-order chi connectivity index (χ0) is 14.7. The molecule has 0 aliphatic rings. The Bertz CT molecular complexity index is 719. The number of para-hydroxylation sites is 2. The van der Waals surface area contributed by atoms with E-state index >= 15 is 0 Å². The van der Waals surface area contributed by atoms with Crippen molar-refractivity contribution in [1.29, 1.82) is 0 Å². The quantitative estimate of drug-likeness (QED) is 0.778. The lowest BCUT2D eigenvalue weighted by molar-refractivity contribution is 0.338. The van der Waals surface area contributed by atoms with Crippen LogP contribution in [0.3, 0.4) is 0 Å². The predicted molar refractivity (Wildman–Crippen MR) is 78.1 cm³/mol. The van der Waals surface area contributed by atoms with Crippen molar-refractivity contribution in [3.05, 3.63) is 48.4 Å². The molecule has 1 aromatic carbocycles. The first-order chi connectivity index (χ1) is 10.3. The van der Waals surface area contributed by atoms with Crippen LogP contribution in [0.5, 0.6) is 5.75 Å². The zero-order valence-corrected chi connectivity index (χ0v) is 11.7. The lowest BCUT2D eigenvalue weighted by atomic mass is 10.2. The third-order valence-corrected chi connectivity index (χ3v) is 3.08. The second-order valence-corrected chi connectivity index (χ2v) is 4.38. The van der Waals surface area contributed by atoms with Gasteiger partial charge < -0.3 is 14.9 Å². The number of hydrogen-bond acceptors (Lipinski definition) is 5. The van der Waals surface area contributed by atoms with Gasteiger partial charge in [-0.05, 0) is 31.2 Å². The Balaban J connectivity index is 2.18. The molecule has 2 heterocycles. The van der Waals surface area contributed by atoms with Gasteiger partial charge in [-0.1, -0.05) is 17.3 Å². The van der Waals surface area contributed by atoms with E-state index in [0.29, 0.717) is 18.1 Å². The summed E-state index contributed by atoms with van der Waals surface area (Å²) in [5, 5.41) is 8.34. The summed E-state index contributed by atoms with van der Waals surface area (Å²) in [4.78, 5) is 0. The predicted octanol–water partition coefficient (Wildman–Crippen LogP) is 2.38. The summed E-state index contributed by atoms with van der Waals surface area (Å²) in [7, 11) is 0. The van der Waals surface area contributed by atoms with E-state index in [-0.39, 0.29) is 6.54 Å². The molecule has 0 bridgehead atoms. The van der Waals surface area contributed by atoms with Gasteiger partial charge in [0.1, 0.15) is 22.8 Å². The van der Waals surface area contributed by atoms with Crippen LogP contribution in [0.15, 0.2) is 47.1 Å². The van der Waals surface area contributed by atoms with Gasteiger partial charge in [0.15, 0.2) is 5.76 Å². The molecule has 0 atom stereocenters. The first-order valence-corrected chi connectivity index (χ1v) is 6.76. The maximum Gasteiger partial charge on any atom is 0.154 e. The molecule has 108 valence electrons. The Kier molecular flexibility index (Phi) is 3.70. The van der Waals surface area contributed by atoms with Crippen molar-refractivity contribution >= 4 is 0 Å². The monoisotopic (exact) mass is 284 g/mol. The highest BCUT2D eigenvalue weighted by Crippen LogP contribution is 2.29. The molecule has 21 heavy (non-hydrogen) atoms. The fourth-order valence-corrected chi connectivity index (χ4v) is 2.19. The molecule has 2 N–H and O–H groups in total. The molecule has 0 aliphatic carbocycles. The maximum absolute atomic E-state index is 5.76. The Morgan fingerprint density at radius 2 is 2.10 bits per heavy atom. The third kappa shape index (κ3) is 2.41. The summed E-state index contributed by atoms with van der Waals surface area (Å²) in [5.74, 6) is 1.41. The lowest BCUT2D eigenvalue weighted by Gasteiger charge is -2.11. The molecular weight excluding hydrogens is 268 g/mol. The van der Waals surface area contributed by atoms with Crippen molar-refractivity contribution in [2.75, 3.05) is 6.61 Å². The summed E-state index contributed by atoms with van der Waals surface area (Å²) >= 11 is 0. The number of nitrogens with two attached hydrogens (primary N) is 1. The normalized spacial score (nSPS) is 10.8. The van der Waals surface area contributed by atoms with Crippen molar-refractivity contribution in [3.8, 4) is 22.9 Å². The second-order valence-electron chi connectivity index (χ2n) is 4.38. The van der Waals surface area contributed by atoms with Crippen molar-refractivity contribution < 1.29 is 9.15 Å². The average Bonchev–Trinajstić information content (AvgIpc) is 3.16. The van der Waals surface area contributed by atoms with Gasteiger partial charge in [0, 0.05) is 6.54 Å². The molecular formula is C15H16N4O2. The van der Waals surface area contributed by atoms with Crippen LogP contribution >= 0.6 is 0 Å². The molecule has 0 unspecified atom stereocenters. The molecule has 6 heteroatoms. The summed E-state index contributed by atoms with van der Waals surface area (Å²) in [6.45, 7) is 2.80. The Morgan fingerprint density at radius 3 is 2.81 bits per heavy atom. The Hall–Kier alpha value is -2.60. The van der Waals surface area contributed by atoms with Gasteiger partial charge in [-0.3, -0.25) is 0 Å². The van der Waals surface area contributed by atoms with Crippen LogP contribution in [0.1, 0.15) is 12.6 Å². The van der Waals surface area contributed by atoms with Gasteiger partial charge in [0.05, 0.1) is 12.9 Å². The van der Waals surface area contributed by atoms with Gasteiger partial charge in [0.25, 0.3) is 0 Å². The smallest absolute Gasteiger partial charge is 0.154 e. The SMILES string of the molecule is CCOc1ccccc1-n1nnc(CN)c1-c1ccco1. The van der Waals surface area contributed by atoms with Gasteiger partial charge in [-0.2, -0.15) is 0 Å². The molecule has 3 aromatic rings. The third-order valence-electron chi connectivity index (χ3n) is 3.08. The van der Waals surface area contributed by atoms with E-state index in [1.165, 1.54) is 0 Å². The van der Waals surface area contributed by atoms with E-state index in [0.717, 1.165) is 17.1 Å². The van der Waals surface area contributed by atoms with Crippen LogP contribution in [0.2, 0.25) is 0 Å². The molecule has 0 amide bonds. The molecule has 0 saturated heterocycles. The van der Waals surface area contributed by atoms with Gasteiger partial charge in [-0.15, -0.1) is 5.10 Å². The second kappa shape index (κ2) is 5.80. The van der Waals surface area contributed by atoms with E-state index in [2.05, 4.69) is 10.3 Å². The number of hydrogen-bond donors (Lipinski definition) is 1. The molecule has 0 spiro atoms. The van der Waals surface area contributed by atoms with Gasteiger partial charge in [0.2, 0.25) is 0 Å². The van der Waals surface area contributed by atoms with Crippen molar-refractivity contribution in [1.82, 2.24) is 15.0 Å². The van der Waals surface area contributed by atoms with Crippen LogP contribution in [-0.2, 0) is 6.54 Å². The van der Waals surface area contributed by atoms with Crippen LogP contribution in [0.4, 0.5) is 0 Å². The minimum atomic E-state index is 0.285. The minimum Gasteiger partial charge on any atom is -0.492 e. The molecule has 0 aliphatic heterocycles. The van der Waals surface area contributed by atoms with Gasteiger partial charge >= 0.3 is 0 Å². The lowest BCUT2D eigenvalue weighted by Crippen LogP contribution is -2.04. The van der Waals surface area contributed by atoms with Crippen LogP contribution in [0, 0.1) is 0 Å². The maximum atomic E-state index is 5.76. The fourth-order valence-electron chi connectivity index (χ4n) is 2.19. The summed E-state index contributed by atoms with van der Waals surface area (Å²) in [6.07, 6.45) is 1.61. The van der Waals surface area contributed by atoms with E-state index in [1.54, 1.807) is 10.9 Å². The fraction of sp³-hybridized carbons (Fsp3) is 0.200. The molecule has 6 nitrogen and oxygen atoms in total. The van der Waals surface area contributed by atoms with E-state index < -0.39 is 0 Å². The number of furan rings is 1. The molecule has 3 rings (SSSR count). The van der Waals surface area contributed by atoms with Crippen LogP contribution in [0.25, 0.3) is 17.1 Å². The molecule has 0 saturated carbocycles. The van der Waals surface area contributed by atoms with Crippen LogP contribution < -0.4 is 10.5 Å². The molecule has 0 radical (unpaired) electrons. The van der Waals surface area contributed by atoms with Crippen molar-refractivity contribution in [2.45, 2.75) is 13.5 Å². The highest BCUT2D eigenvalue weighted by atomic mass is 16.5. The minimum absolute atomic E-state index is 0.285. The first kappa shape index (κ1) is 13.4. The number of rotatable bonds is 5. The van der Waals surface area contributed by atoms with Crippen LogP contribution in [-0.4, -0.2) is 21.6 Å². The highest BCUT2D eigenvalue weighted by Gasteiger charge is 2.19. The number of aromatic nitrogens is 3. The Labute approximate surface area is 122 Å². The number of nitrogens with zero attached hydrogens (tertiary/aromatic N) is 3. The highest BCUT2D eigenvalue weighted by molar-refractivity contribution is 5.61. The summed E-state index contributed by atoms with van der Waals surface area (Å²) in [6, 6.07) is 11.3. The zero-order valence-electron chi connectivity index (χ0n) is 11.7. The standard InChI is InChI=1S/C15H16N4O2/c1-2-20-13-7-4-3-6-12(13)19-15(11(10-16)17-18-19)14-8-5-9-21-14/h3-9H,2,10,16H2,1H3. The Morgan fingerprint density at radius 1 is 1.24 bits per heavy atom.